The summed E-state index contributed by atoms with van der Waals surface area (Å²) in [4.78, 5) is 0. The third-order valence-electron chi connectivity index (χ3n) is 11.7. The molecule has 2 heteroatoms. The molecule has 0 atom stereocenters. The van der Waals surface area contributed by atoms with Crippen molar-refractivity contribution in [1.29, 1.82) is 0 Å². The second kappa shape index (κ2) is 9.76. The summed E-state index contributed by atoms with van der Waals surface area (Å²) in [5, 5.41) is 14.1. The molecule has 0 nitrogen and oxygen atoms in total. The van der Waals surface area contributed by atoms with Gasteiger partial charge in [-0.1, -0.05) is 148 Å². The molecule has 0 saturated heterocycles. The van der Waals surface area contributed by atoms with Crippen LogP contribution in [0, 0.1) is 0 Å². The summed E-state index contributed by atoms with van der Waals surface area (Å²) in [6, 6.07) is 55.8. The third-order valence-corrected chi connectivity index (χ3v) is 18.8. The van der Waals surface area contributed by atoms with Crippen molar-refractivity contribution < 1.29 is 0 Å². The molecule has 48 heavy (non-hydrogen) atoms. The molecule has 2 aliphatic rings. The van der Waals surface area contributed by atoms with Gasteiger partial charge in [-0.3, -0.25) is 0 Å². The number of hydrogen-bond acceptors (Lipinski definition) is 0. The Labute approximate surface area is 284 Å². The Morgan fingerprint density at radius 1 is 0.312 bits per heavy atom. The van der Waals surface area contributed by atoms with E-state index >= 15 is 0 Å². The molecule has 0 spiro atoms. The quantitative estimate of drug-likeness (QED) is 0.130. The maximum atomic E-state index is 2.50. The summed E-state index contributed by atoms with van der Waals surface area (Å²) in [6.07, 6.45) is 0. The average molecular weight is 645 g/mol. The van der Waals surface area contributed by atoms with Crippen LogP contribution in [0.5, 0.6) is 0 Å². The Hall–Kier alpha value is -5.03. The Morgan fingerprint density at radius 2 is 0.688 bits per heavy atom. The van der Waals surface area contributed by atoms with Crippen LogP contribution in [-0.4, -0.2) is 16.1 Å². The lowest BCUT2D eigenvalue weighted by molar-refractivity contribution is 1.66. The predicted molar refractivity (Wildman–Crippen MR) is 214 cm³/mol. The van der Waals surface area contributed by atoms with Crippen LogP contribution in [0.15, 0.2) is 146 Å². The van der Waals surface area contributed by atoms with E-state index in [2.05, 4.69) is 172 Å². The molecule has 2 aliphatic heterocycles. The first-order chi connectivity index (χ1) is 23.3. The van der Waals surface area contributed by atoms with E-state index in [1.54, 1.807) is 20.7 Å². The zero-order valence-electron chi connectivity index (χ0n) is 27.9. The van der Waals surface area contributed by atoms with Crippen LogP contribution in [0.1, 0.15) is 0 Å². The van der Waals surface area contributed by atoms with Crippen molar-refractivity contribution in [2.45, 2.75) is 26.2 Å². The van der Waals surface area contributed by atoms with E-state index in [9.17, 15) is 0 Å². The van der Waals surface area contributed by atoms with Gasteiger partial charge in [0.15, 0.2) is 0 Å². The predicted octanol–water partition coefficient (Wildman–Crippen LogP) is 10.1. The van der Waals surface area contributed by atoms with Gasteiger partial charge >= 0.3 is 0 Å². The van der Waals surface area contributed by atoms with E-state index in [4.69, 9.17) is 0 Å². The fourth-order valence-electron chi connectivity index (χ4n) is 9.23. The Balaban J connectivity index is 1.24. The molecule has 0 saturated carbocycles. The van der Waals surface area contributed by atoms with Gasteiger partial charge in [0, 0.05) is 0 Å². The molecular formula is C46H36Si2. The van der Waals surface area contributed by atoms with Gasteiger partial charge in [0.25, 0.3) is 0 Å². The van der Waals surface area contributed by atoms with Crippen LogP contribution in [0.3, 0.4) is 0 Å². The SMILES string of the molecule is C[Si]1(C)c2ccccc2-c2cc(-c3cc4cc(-c5ccc6c(c5)-c5ccccc5[Si]6(C)C)c5ccccc5c4c4ccccc34)ccc21. The van der Waals surface area contributed by atoms with Crippen molar-refractivity contribution in [1.82, 2.24) is 0 Å². The summed E-state index contributed by atoms with van der Waals surface area (Å²) in [5.74, 6) is 0. The molecule has 0 fully saturated rings. The van der Waals surface area contributed by atoms with Crippen LogP contribution in [-0.2, 0) is 0 Å². The van der Waals surface area contributed by atoms with Crippen LogP contribution in [0.2, 0.25) is 26.2 Å². The minimum atomic E-state index is -1.71. The highest BCUT2D eigenvalue weighted by Gasteiger charge is 2.38. The highest BCUT2D eigenvalue weighted by molar-refractivity contribution is 7.04. The highest BCUT2D eigenvalue weighted by atomic mass is 28.3. The second-order valence-electron chi connectivity index (χ2n) is 14.9. The zero-order chi connectivity index (χ0) is 32.4. The van der Waals surface area contributed by atoms with Crippen molar-refractivity contribution in [3.63, 3.8) is 0 Å². The molecule has 2 heterocycles. The summed E-state index contributed by atoms with van der Waals surface area (Å²) in [7, 11) is -3.43. The van der Waals surface area contributed by atoms with Gasteiger partial charge in [-0.05, 0) is 122 Å². The number of hydrogen-bond donors (Lipinski definition) is 0. The normalized spacial score (nSPS) is 15.0. The van der Waals surface area contributed by atoms with Crippen molar-refractivity contribution in [2.75, 3.05) is 0 Å². The van der Waals surface area contributed by atoms with E-state index in [-0.39, 0.29) is 0 Å². The zero-order valence-corrected chi connectivity index (χ0v) is 29.9. The second-order valence-corrected chi connectivity index (χ2v) is 23.6. The van der Waals surface area contributed by atoms with Gasteiger partial charge in [-0.25, -0.2) is 0 Å². The highest BCUT2D eigenvalue weighted by Crippen LogP contribution is 2.43. The molecule has 0 unspecified atom stereocenters. The molecule has 0 aliphatic carbocycles. The van der Waals surface area contributed by atoms with Crippen LogP contribution in [0.25, 0.3) is 76.8 Å². The Kier molecular flexibility index (Phi) is 5.70. The van der Waals surface area contributed by atoms with Crippen LogP contribution in [0.4, 0.5) is 0 Å². The molecule has 0 N–H and O–H groups in total. The topological polar surface area (TPSA) is 0 Å². The number of fused-ring (bicyclic) bond motifs is 11. The molecule has 8 aromatic rings. The number of rotatable bonds is 2. The maximum absolute atomic E-state index is 2.50. The van der Waals surface area contributed by atoms with Crippen molar-refractivity contribution in [3.05, 3.63) is 146 Å². The van der Waals surface area contributed by atoms with E-state index < -0.39 is 16.1 Å². The minimum Gasteiger partial charge on any atom is -0.0623 e. The molecule has 0 bridgehead atoms. The lowest BCUT2D eigenvalue weighted by Gasteiger charge is -2.20. The largest absolute Gasteiger partial charge is 0.113 e. The molecule has 8 aromatic carbocycles. The lowest BCUT2D eigenvalue weighted by Crippen LogP contribution is -2.49. The molecule has 0 aromatic heterocycles. The lowest BCUT2D eigenvalue weighted by atomic mass is 9.87. The van der Waals surface area contributed by atoms with E-state index in [1.165, 1.54) is 76.8 Å². The molecular weight excluding hydrogens is 609 g/mol. The Bertz CT molecular complexity index is 2490. The summed E-state index contributed by atoms with van der Waals surface area (Å²) in [6.45, 7) is 9.98. The first-order valence-corrected chi connectivity index (χ1v) is 23.2. The Morgan fingerprint density at radius 3 is 1.15 bits per heavy atom. The maximum Gasteiger partial charge on any atom is 0.113 e. The fraction of sp³-hybridized carbons (Fsp3) is 0.0870. The molecule has 228 valence electrons. The van der Waals surface area contributed by atoms with Crippen molar-refractivity contribution in [3.8, 4) is 44.5 Å². The van der Waals surface area contributed by atoms with Gasteiger partial charge in [0.05, 0.1) is 0 Å². The fourth-order valence-corrected chi connectivity index (χ4v) is 15.4. The average Bonchev–Trinajstić information content (AvgIpc) is 3.49. The standard InChI is InChI=1S/C46H36Si2/c1-47(2)42-19-11-9-15-34(42)40-25-29(21-23-44(40)47)38-27-31-28-39(33-14-6-8-18-37(33)46(31)36-17-7-5-13-32(36)38)30-22-24-45-41(26-30)35-16-10-12-20-43(35)48(45,3)4/h5-28H,1-4H3. The first-order valence-electron chi connectivity index (χ1n) is 17.2. The van der Waals surface area contributed by atoms with Crippen molar-refractivity contribution in [2.24, 2.45) is 0 Å². The van der Waals surface area contributed by atoms with Crippen molar-refractivity contribution >= 4 is 69.2 Å². The summed E-state index contributed by atoms with van der Waals surface area (Å²) >= 11 is 0. The number of benzene rings is 8. The van der Waals surface area contributed by atoms with E-state index in [0.717, 1.165) is 0 Å². The van der Waals surface area contributed by atoms with Crippen LogP contribution < -0.4 is 20.7 Å². The molecule has 0 radical (unpaired) electrons. The summed E-state index contributed by atoms with van der Waals surface area (Å²) in [5.41, 5.74) is 10.9. The van der Waals surface area contributed by atoms with Gasteiger partial charge < -0.3 is 0 Å². The smallest absolute Gasteiger partial charge is 0.0623 e. The molecule has 10 rings (SSSR count). The van der Waals surface area contributed by atoms with E-state index in [1.807, 2.05) is 0 Å². The minimum absolute atomic E-state index is 1.30. The monoisotopic (exact) mass is 644 g/mol. The molecule has 0 amide bonds. The summed E-state index contributed by atoms with van der Waals surface area (Å²) < 4.78 is 0. The van der Waals surface area contributed by atoms with Gasteiger partial charge in [0.1, 0.15) is 16.1 Å². The first kappa shape index (κ1) is 28.0. The van der Waals surface area contributed by atoms with Gasteiger partial charge in [-0.15, -0.1) is 0 Å². The van der Waals surface area contributed by atoms with Gasteiger partial charge in [0.2, 0.25) is 0 Å². The van der Waals surface area contributed by atoms with Crippen LogP contribution >= 0.6 is 0 Å². The van der Waals surface area contributed by atoms with E-state index in [0.29, 0.717) is 0 Å². The van der Waals surface area contributed by atoms with Gasteiger partial charge in [-0.2, -0.15) is 0 Å². The third kappa shape index (κ3) is 3.70.